The summed E-state index contributed by atoms with van der Waals surface area (Å²) in [4.78, 5) is 28.6. The number of carbonyl (C=O) groups is 2. The van der Waals surface area contributed by atoms with E-state index in [0.717, 1.165) is 84.9 Å². The van der Waals surface area contributed by atoms with Gasteiger partial charge in [-0.1, -0.05) is 56.7 Å². The van der Waals surface area contributed by atoms with Gasteiger partial charge in [0.1, 0.15) is 0 Å². The second kappa shape index (κ2) is 9.82. The molecular formula is C28H33N3O2. The van der Waals surface area contributed by atoms with Crippen molar-refractivity contribution in [3.05, 3.63) is 48.5 Å². The summed E-state index contributed by atoms with van der Waals surface area (Å²) in [6.45, 7) is 0. The predicted octanol–water partition coefficient (Wildman–Crippen LogP) is 6.87. The van der Waals surface area contributed by atoms with E-state index < -0.39 is 0 Å². The van der Waals surface area contributed by atoms with Crippen LogP contribution < -0.4 is 10.6 Å². The fourth-order valence-corrected chi connectivity index (χ4v) is 5.31. The SMILES string of the molecule is O=C(Nc1ccc(-c2cc3ccc(NC(=O)C4CCCCC4)cc3[nH]2)cc1)C1CCCCC1. The Kier molecular flexibility index (Phi) is 6.47. The number of anilines is 2. The Morgan fingerprint density at radius 2 is 1.21 bits per heavy atom. The van der Waals surface area contributed by atoms with Crippen LogP contribution in [0.3, 0.4) is 0 Å². The van der Waals surface area contributed by atoms with E-state index in [1.807, 2.05) is 42.5 Å². The van der Waals surface area contributed by atoms with Crippen molar-refractivity contribution in [1.82, 2.24) is 4.98 Å². The Balaban J connectivity index is 1.25. The summed E-state index contributed by atoms with van der Waals surface area (Å²) in [7, 11) is 0. The van der Waals surface area contributed by atoms with Crippen molar-refractivity contribution in [3.63, 3.8) is 0 Å². The van der Waals surface area contributed by atoms with Gasteiger partial charge in [-0.05, 0) is 61.6 Å². The van der Waals surface area contributed by atoms with Crippen LogP contribution in [0.25, 0.3) is 22.2 Å². The standard InChI is InChI=1S/C28H33N3O2/c32-27(20-7-3-1-4-8-20)29-23-14-11-19(12-15-23)25-17-22-13-16-24(18-26(22)31-25)30-28(33)21-9-5-2-6-10-21/h11-18,20-21,31H,1-10H2,(H,29,32)(H,30,33). The van der Waals surface area contributed by atoms with E-state index in [0.29, 0.717) is 0 Å². The number of carbonyl (C=O) groups excluding carboxylic acids is 2. The second-order valence-electron chi connectivity index (χ2n) is 9.71. The van der Waals surface area contributed by atoms with Crippen LogP contribution in [-0.2, 0) is 9.59 Å². The van der Waals surface area contributed by atoms with Crippen LogP contribution in [0.15, 0.2) is 48.5 Å². The largest absolute Gasteiger partial charge is 0.354 e. The maximum Gasteiger partial charge on any atom is 0.227 e. The molecule has 5 heteroatoms. The first kappa shape index (κ1) is 21.7. The summed E-state index contributed by atoms with van der Waals surface area (Å²) in [5, 5.41) is 7.29. The van der Waals surface area contributed by atoms with Gasteiger partial charge in [-0.2, -0.15) is 0 Å². The zero-order valence-corrected chi connectivity index (χ0v) is 19.2. The molecule has 0 bridgehead atoms. The van der Waals surface area contributed by atoms with Gasteiger partial charge in [-0.3, -0.25) is 9.59 Å². The number of aromatic nitrogens is 1. The lowest BCUT2D eigenvalue weighted by atomic mass is 9.88. The molecule has 2 fully saturated rings. The van der Waals surface area contributed by atoms with Crippen LogP contribution in [-0.4, -0.2) is 16.8 Å². The first-order valence-corrected chi connectivity index (χ1v) is 12.5. The molecule has 0 unspecified atom stereocenters. The zero-order chi connectivity index (χ0) is 22.6. The highest BCUT2D eigenvalue weighted by Gasteiger charge is 2.22. The normalized spacial score (nSPS) is 17.7. The number of aromatic amines is 1. The maximum atomic E-state index is 12.6. The van der Waals surface area contributed by atoms with Crippen molar-refractivity contribution in [2.75, 3.05) is 10.6 Å². The van der Waals surface area contributed by atoms with Gasteiger partial charge in [0.05, 0.1) is 0 Å². The van der Waals surface area contributed by atoms with Crippen LogP contribution in [0, 0.1) is 11.8 Å². The summed E-state index contributed by atoms with van der Waals surface area (Å²) in [6, 6.07) is 16.2. The molecule has 0 aliphatic heterocycles. The molecule has 5 nitrogen and oxygen atoms in total. The molecule has 2 aromatic carbocycles. The van der Waals surface area contributed by atoms with Gasteiger partial charge >= 0.3 is 0 Å². The minimum atomic E-state index is 0.144. The second-order valence-corrected chi connectivity index (χ2v) is 9.71. The molecule has 0 saturated heterocycles. The monoisotopic (exact) mass is 443 g/mol. The highest BCUT2D eigenvalue weighted by Crippen LogP contribution is 2.29. The van der Waals surface area contributed by atoms with E-state index in [-0.39, 0.29) is 23.7 Å². The molecule has 2 aliphatic rings. The van der Waals surface area contributed by atoms with E-state index in [9.17, 15) is 9.59 Å². The van der Waals surface area contributed by atoms with E-state index in [1.54, 1.807) is 0 Å². The molecule has 0 radical (unpaired) electrons. The Labute approximate surface area is 195 Å². The van der Waals surface area contributed by atoms with Crippen molar-refractivity contribution >= 4 is 34.1 Å². The lowest BCUT2D eigenvalue weighted by Gasteiger charge is -2.20. The van der Waals surface area contributed by atoms with Crippen LogP contribution in [0.1, 0.15) is 64.2 Å². The fraction of sp³-hybridized carbons (Fsp3) is 0.429. The molecule has 3 aromatic rings. The molecule has 2 aliphatic carbocycles. The first-order valence-electron chi connectivity index (χ1n) is 12.5. The summed E-state index contributed by atoms with van der Waals surface area (Å²) in [5.74, 6) is 0.591. The Hall–Kier alpha value is -3.08. The third-order valence-corrected chi connectivity index (χ3v) is 7.31. The highest BCUT2D eigenvalue weighted by molar-refractivity contribution is 5.96. The lowest BCUT2D eigenvalue weighted by molar-refractivity contribution is -0.121. The van der Waals surface area contributed by atoms with E-state index >= 15 is 0 Å². The number of benzene rings is 2. The summed E-state index contributed by atoms with van der Waals surface area (Å²) < 4.78 is 0. The number of fused-ring (bicyclic) bond motifs is 1. The number of amides is 2. The van der Waals surface area contributed by atoms with Gasteiger partial charge in [-0.15, -0.1) is 0 Å². The number of hydrogen-bond acceptors (Lipinski definition) is 2. The van der Waals surface area contributed by atoms with Gasteiger partial charge in [0.15, 0.2) is 0 Å². The molecule has 172 valence electrons. The highest BCUT2D eigenvalue weighted by atomic mass is 16.2. The zero-order valence-electron chi connectivity index (χ0n) is 19.2. The smallest absolute Gasteiger partial charge is 0.227 e. The topological polar surface area (TPSA) is 74.0 Å². The third-order valence-electron chi connectivity index (χ3n) is 7.31. The Morgan fingerprint density at radius 1 is 0.667 bits per heavy atom. The van der Waals surface area contributed by atoms with Crippen LogP contribution in [0.5, 0.6) is 0 Å². The minimum absolute atomic E-state index is 0.144. The minimum Gasteiger partial charge on any atom is -0.354 e. The molecule has 1 heterocycles. The van der Waals surface area contributed by atoms with Crippen molar-refractivity contribution in [3.8, 4) is 11.3 Å². The molecule has 2 saturated carbocycles. The van der Waals surface area contributed by atoms with Gasteiger partial charge in [-0.25, -0.2) is 0 Å². The van der Waals surface area contributed by atoms with Crippen molar-refractivity contribution < 1.29 is 9.59 Å². The van der Waals surface area contributed by atoms with Gasteiger partial charge in [0, 0.05) is 39.8 Å². The lowest BCUT2D eigenvalue weighted by Crippen LogP contribution is -2.24. The van der Waals surface area contributed by atoms with E-state index in [4.69, 9.17) is 0 Å². The fourth-order valence-electron chi connectivity index (χ4n) is 5.31. The summed E-state index contributed by atoms with van der Waals surface area (Å²) in [5.41, 5.74) is 4.77. The molecule has 3 N–H and O–H groups in total. The van der Waals surface area contributed by atoms with Gasteiger partial charge < -0.3 is 15.6 Å². The average molecular weight is 444 g/mol. The molecule has 0 spiro atoms. The van der Waals surface area contributed by atoms with Crippen molar-refractivity contribution in [2.24, 2.45) is 11.8 Å². The van der Waals surface area contributed by atoms with Crippen LogP contribution in [0.2, 0.25) is 0 Å². The Morgan fingerprint density at radius 3 is 1.82 bits per heavy atom. The van der Waals surface area contributed by atoms with Crippen molar-refractivity contribution in [1.29, 1.82) is 0 Å². The van der Waals surface area contributed by atoms with Gasteiger partial charge in [0.25, 0.3) is 0 Å². The number of H-pyrrole nitrogens is 1. The van der Waals surface area contributed by atoms with Crippen LogP contribution >= 0.6 is 0 Å². The Bertz CT molecular complexity index is 1120. The third kappa shape index (κ3) is 5.13. The number of nitrogens with one attached hydrogen (secondary N) is 3. The molecule has 2 amide bonds. The molecule has 0 atom stereocenters. The molecule has 1 aromatic heterocycles. The summed E-state index contributed by atoms with van der Waals surface area (Å²) in [6.07, 6.45) is 11.1. The quantitative estimate of drug-likeness (QED) is 0.402. The molecule has 5 rings (SSSR count). The van der Waals surface area contributed by atoms with E-state index in [1.165, 1.54) is 12.8 Å². The number of hydrogen-bond donors (Lipinski definition) is 3. The molecule has 33 heavy (non-hydrogen) atoms. The van der Waals surface area contributed by atoms with Gasteiger partial charge in [0.2, 0.25) is 11.8 Å². The summed E-state index contributed by atoms with van der Waals surface area (Å²) >= 11 is 0. The first-order chi connectivity index (χ1) is 16.2. The van der Waals surface area contributed by atoms with E-state index in [2.05, 4.69) is 21.7 Å². The molecular weight excluding hydrogens is 410 g/mol. The van der Waals surface area contributed by atoms with Crippen LogP contribution in [0.4, 0.5) is 11.4 Å². The predicted molar refractivity (Wildman–Crippen MR) is 134 cm³/mol. The maximum absolute atomic E-state index is 12.6. The average Bonchev–Trinajstić information content (AvgIpc) is 3.29. The number of rotatable bonds is 5. The van der Waals surface area contributed by atoms with Crippen molar-refractivity contribution in [2.45, 2.75) is 64.2 Å².